The third-order valence-electron chi connectivity index (χ3n) is 2.78. The lowest BCUT2D eigenvalue weighted by Gasteiger charge is -2.09. The van der Waals surface area contributed by atoms with Gasteiger partial charge in [-0.3, -0.25) is 9.00 Å². The molecule has 2 unspecified atom stereocenters. The molecule has 0 amide bonds. The lowest BCUT2D eigenvalue weighted by atomic mass is 10.1. The monoisotopic (exact) mass is 268 g/mol. The van der Waals surface area contributed by atoms with Crippen molar-refractivity contribution < 1.29 is 13.7 Å². The summed E-state index contributed by atoms with van der Waals surface area (Å²) < 4.78 is 16.5. The molecule has 18 heavy (non-hydrogen) atoms. The van der Waals surface area contributed by atoms with Gasteiger partial charge in [0.2, 0.25) is 0 Å². The molecule has 0 aliphatic carbocycles. The van der Waals surface area contributed by atoms with Gasteiger partial charge in [0, 0.05) is 21.8 Å². The van der Waals surface area contributed by atoms with Gasteiger partial charge in [-0.2, -0.15) is 0 Å². The van der Waals surface area contributed by atoms with Crippen molar-refractivity contribution in [2.45, 2.75) is 31.4 Å². The Kier molecular flexibility index (Phi) is 6.65. The van der Waals surface area contributed by atoms with Crippen molar-refractivity contribution >= 4 is 16.8 Å². The second kappa shape index (κ2) is 8.03. The first-order valence-electron chi connectivity index (χ1n) is 6.11. The van der Waals surface area contributed by atoms with Gasteiger partial charge in [0.1, 0.15) is 0 Å². The van der Waals surface area contributed by atoms with E-state index in [0.717, 1.165) is 12.8 Å². The number of esters is 1. The topological polar surface area (TPSA) is 43.4 Å². The minimum atomic E-state index is -0.961. The summed E-state index contributed by atoms with van der Waals surface area (Å²) in [5, 5.41) is -0.131. The number of hydrogen-bond donors (Lipinski definition) is 0. The van der Waals surface area contributed by atoms with Crippen LogP contribution in [0.2, 0.25) is 0 Å². The molecule has 0 N–H and O–H groups in total. The van der Waals surface area contributed by atoms with E-state index < -0.39 is 10.8 Å². The fourth-order valence-electron chi connectivity index (χ4n) is 1.68. The molecule has 1 aromatic carbocycles. The van der Waals surface area contributed by atoms with Crippen molar-refractivity contribution in [3.63, 3.8) is 0 Å². The Bertz CT molecular complexity index is 389. The highest BCUT2D eigenvalue weighted by atomic mass is 32.2. The maximum absolute atomic E-state index is 11.9. The van der Waals surface area contributed by atoms with Crippen molar-refractivity contribution in [1.82, 2.24) is 0 Å². The van der Waals surface area contributed by atoms with E-state index >= 15 is 0 Å². The lowest BCUT2D eigenvalue weighted by Crippen LogP contribution is -2.19. The molecule has 0 fully saturated rings. The van der Waals surface area contributed by atoms with Crippen LogP contribution in [0.15, 0.2) is 30.3 Å². The molecule has 0 heterocycles. The fraction of sp³-hybridized carbons (Fsp3) is 0.500. The van der Waals surface area contributed by atoms with Gasteiger partial charge in [0.05, 0.1) is 13.5 Å². The van der Waals surface area contributed by atoms with E-state index in [2.05, 4.69) is 16.9 Å². The molecule has 2 atom stereocenters. The minimum Gasteiger partial charge on any atom is -0.469 e. The Hall–Kier alpha value is -1.16. The number of rotatable bonds is 7. The van der Waals surface area contributed by atoms with E-state index in [1.54, 1.807) is 0 Å². The Morgan fingerprint density at radius 1 is 1.33 bits per heavy atom. The highest BCUT2D eigenvalue weighted by Crippen LogP contribution is 2.07. The summed E-state index contributed by atoms with van der Waals surface area (Å²) in [5.41, 5.74) is 1.26. The van der Waals surface area contributed by atoms with Crippen LogP contribution >= 0.6 is 0 Å². The third kappa shape index (κ3) is 5.45. The average Bonchev–Trinajstić information content (AvgIpc) is 2.39. The zero-order chi connectivity index (χ0) is 13.4. The van der Waals surface area contributed by atoms with Gasteiger partial charge < -0.3 is 4.74 Å². The molecule has 1 rings (SSSR count). The Morgan fingerprint density at radius 2 is 2.00 bits per heavy atom. The molecule has 0 spiro atoms. The number of carbonyl (C=O) groups is 1. The van der Waals surface area contributed by atoms with Crippen LogP contribution in [0, 0.1) is 0 Å². The second-order valence-electron chi connectivity index (χ2n) is 4.26. The van der Waals surface area contributed by atoms with Gasteiger partial charge in [-0.1, -0.05) is 37.3 Å². The Morgan fingerprint density at radius 3 is 2.61 bits per heavy atom. The van der Waals surface area contributed by atoms with Gasteiger partial charge in [0.25, 0.3) is 0 Å². The normalized spacial score (nSPS) is 13.9. The maximum atomic E-state index is 11.9. The van der Waals surface area contributed by atoms with Gasteiger partial charge in [-0.15, -0.1) is 0 Å². The Labute approximate surface area is 111 Å². The van der Waals surface area contributed by atoms with Crippen LogP contribution in [0.25, 0.3) is 0 Å². The molecule has 0 aliphatic rings. The van der Waals surface area contributed by atoms with Crippen LogP contribution in [0.1, 0.15) is 25.3 Å². The van der Waals surface area contributed by atoms with Crippen LogP contribution < -0.4 is 0 Å². The number of aryl methyl sites for hydroxylation is 1. The van der Waals surface area contributed by atoms with Gasteiger partial charge in [0.15, 0.2) is 0 Å². The fourth-order valence-corrected chi connectivity index (χ4v) is 2.83. The molecule has 4 heteroatoms. The molecule has 1 aromatic rings. The van der Waals surface area contributed by atoms with E-state index in [9.17, 15) is 9.00 Å². The first kappa shape index (κ1) is 14.9. The third-order valence-corrected chi connectivity index (χ3v) is 4.54. The summed E-state index contributed by atoms with van der Waals surface area (Å²) >= 11 is 0. The summed E-state index contributed by atoms with van der Waals surface area (Å²) in [4.78, 5) is 11.1. The molecule has 0 aliphatic heterocycles. The van der Waals surface area contributed by atoms with Crippen LogP contribution in [0.5, 0.6) is 0 Å². The molecule has 0 aromatic heterocycles. The van der Waals surface area contributed by atoms with Gasteiger partial charge in [-0.05, 0) is 18.4 Å². The summed E-state index contributed by atoms with van der Waals surface area (Å²) in [7, 11) is 0.393. The van der Waals surface area contributed by atoms with E-state index in [1.807, 2.05) is 25.1 Å². The van der Waals surface area contributed by atoms with Crippen molar-refractivity contribution in [1.29, 1.82) is 0 Å². The van der Waals surface area contributed by atoms with Crippen molar-refractivity contribution in [3.05, 3.63) is 35.9 Å². The summed E-state index contributed by atoms with van der Waals surface area (Å²) in [5.74, 6) is 0.339. The highest BCUT2D eigenvalue weighted by Gasteiger charge is 2.15. The number of benzene rings is 1. The van der Waals surface area contributed by atoms with E-state index in [-0.39, 0.29) is 17.6 Å². The summed E-state index contributed by atoms with van der Waals surface area (Å²) in [6.45, 7) is 1.83. The number of ether oxygens (including phenoxy) is 1. The number of methoxy groups -OCH3 is 1. The molecule has 3 nitrogen and oxygen atoms in total. The zero-order valence-corrected chi connectivity index (χ0v) is 11.7. The van der Waals surface area contributed by atoms with E-state index in [4.69, 9.17) is 0 Å². The molecular weight excluding hydrogens is 248 g/mol. The molecule has 0 bridgehead atoms. The maximum Gasteiger partial charge on any atom is 0.306 e. The Balaban J connectivity index is 2.26. The van der Waals surface area contributed by atoms with Gasteiger partial charge in [-0.25, -0.2) is 0 Å². The summed E-state index contributed by atoms with van der Waals surface area (Å²) in [6.07, 6.45) is 2.04. The van der Waals surface area contributed by atoms with Crippen LogP contribution in [0.4, 0.5) is 0 Å². The van der Waals surface area contributed by atoms with Crippen molar-refractivity contribution in [3.8, 4) is 0 Å². The SMILES string of the molecule is COC(=O)CC(C)S(=O)CCCc1ccccc1. The van der Waals surface area contributed by atoms with Crippen molar-refractivity contribution in [2.75, 3.05) is 12.9 Å². The molecule has 0 radical (unpaired) electrons. The minimum absolute atomic E-state index is 0.131. The standard InChI is InChI=1S/C14H20O3S/c1-12(11-14(15)17-2)18(16)10-6-9-13-7-4-3-5-8-13/h3-5,7-8,12H,6,9-11H2,1-2H3. The van der Waals surface area contributed by atoms with Crippen molar-refractivity contribution in [2.24, 2.45) is 0 Å². The van der Waals surface area contributed by atoms with E-state index in [0.29, 0.717) is 5.75 Å². The quantitative estimate of drug-likeness (QED) is 0.713. The molecule has 100 valence electrons. The predicted octanol–water partition coefficient (Wildman–Crippen LogP) is 2.32. The van der Waals surface area contributed by atoms with Crippen LogP contribution in [-0.4, -0.2) is 28.3 Å². The number of hydrogen-bond acceptors (Lipinski definition) is 3. The van der Waals surface area contributed by atoms with Gasteiger partial charge >= 0.3 is 5.97 Å². The van der Waals surface area contributed by atoms with E-state index in [1.165, 1.54) is 12.7 Å². The first-order valence-corrected chi connectivity index (χ1v) is 7.49. The van der Waals surface area contributed by atoms with Crippen LogP contribution in [-0.2, 0) is 26.8 Å². The molecular formula is C14H20O3S. The first-order chi connectivity index (χ1) is 8.63. The molecule has 0 saturated heterocycles. The predicted molar refractivity (Wildman–Crippen MR) is 73.9 cm³/mol. The van der Waals surface area contributed by atoms with Crippen LogP contribution in [0.3, 0.4) is 0 Å². The molecule has 0 saturated carbocycles. The number of carbonyl (C=O) groups excluding carboxylic acids is 1. The summed E-state index contributed by atoms with van der Waals surface area (Å²) in [6, 6.07) is 10.1. The zero-order valence-electron chi connectivity index (χ0n) is 10.9. The average molecular weight is 268 g/mol. The lowest BCUT2D eigenvalue weighted by molar-refractivity contribution is -0.140. The highest BCUT2D eigenvalue weighted by molar-refractivity contribution is 7.85. The smallest absolute Gasteiger partial charge is 0.306 e. The second-order valence-corrected chi connectivity index (χ2v) is 6.24. The largest absolute Gasteiger partial charge is 0.469 e.